The molecule has 1 atom stereocenters. The Hall–Kier alpha value is -2.67. The van der Waals surface area contributed by atoms with Crippen LogP contribution >= 0.6 is 11.8 Å². The fourth-order valence-electron chi connectivity index (χ4n) is 4.11. The van der Waals surface area contributed by atoms with Crippen LogP contribution in [0.15, 0.2) is 59.8 Å². The van der Waals surface area contributed by atoms with E-state index in [1.165, 1.54) is 24.2 Å². The van der Waals surface area contributed by atoms with E-state index in [4.69, 9.17) is 0 Å². The number of hydrogen-bond acceptors (Lipinski definition) is 4. The molecule has 1 heterocycles. The van der Waals surface area contributed by atoms with Crippen LogP contribution in [0.1, 0.15) is 56.7 Å². The Labute approximate surface area is 186 Å². The number of carbonyl (C=O) groups excluding carboxylic acids is 1. The lowest BCUT2D eigenvalue weighted by Crippen LogP contribution is -2.28. The zero-order valence-electron chi connectivity index (χ0n) is 17.6. The smallest absolute Gasteiger partial charge is 0.230 e. The maximum absolute atomic E-state index is 14.5. The van der Waals surface area contributed by atoms with Gasteiger partial charge in [0.1, 0.15) is 5.82 Å². The number of thioether (sulfide) groups is 1. The van der Waals surface area contributed by atoms with Gasteiger partial charge in [-0.25, -0.2) is 4.39 Å². The van der Waals surface area contributed by atoms with Crippen LogP contribution in [0.2, 0.25) is 0 Å². The molecule has 3 aromatic rings. The fraction of sp³-hybridized carbons (Fsp3) is 0.375. The van der Waals surface area contributed by atoms with Crippen LogP contribution in [-0.2, 0) is 4.79 Å². The molecule has 162 valence electrons. The summed E-state index contributed by atoms with van der Waals surface area (Å²) in [5.74, 6) is 0.412. The van der Waals surface area contributed by atoms with Crippen LogP contribution in [0.5, 0.6) is 0 Å². The Morgan fingerprint density at radius 2 is 1.81 bits per heavy atom. The second-order valence-electron chi connectivity index (χ2n) is 7.94. The highest BCUT2D eigenvalue weighted by Crippen LogP contribution is 2.36. The summed E-state index contributed by atoms with van der Waals surface area (Å²) in [5.41, 5.74) is 1.52. The molecular weight excluding hydrogens is 411 g/mol. The van der Waals surface area contributed by atoms with Crippen LogP contribution < -0.4 is 5.32 Å². The first kappa shape index (κ1) is 21.6. The van der Waals surface area contributed by atoms with Gasteiger partial charge in [-0.05, 0) is 37.5 Å². The molecule has 1 aliphatic rings. The number of nitrogens with zero attached hydrogens (tertiary/aromatic N) is 3. The molecule has 0 bridgehead atoms. The molecule has 1 saturated carbocycles. The van der Waals surface area contributed by atoms with E-state index >= 15 is 0 Å². The number of halogens is 1. The van der Waals surface area contributed by atoms with Crippen LogP contribution in [0, 0.1) is 5.82 Å². The Morgan fingerprint density at radius 1 is 1.10 bits per heavy atom. The molecule has 1 N–H and O–H groups in total. The average molecular weight is 439 g/mol. The van der Waals surface area contributed by atoms with E-state index < -0.39 is 0 Å². The predicted octanol–water partition coefficient (Wildman–Crippen LogP) is 5.56. The third-order valence-electron chi connectivity index (χ3n) is 5.73. The first-order chi connectivity index (χ1) is 15.1. The molecule has 5 nitrogen and oxygen atoms in total. The molecule has 1 aromatic heterocycles. The lowest BCUT2D eigenvalue weighted by Gasteiger charge is -2.25. The van der Waals surface area contributed by atoms with Crippen molar-refractivity contribution in [3.63, 3.8) is 0 Å². The second-order valence-corrected chi connectivity index (χ2v) is 8.88. The zero-order valence-corrected chi connectivity index (χ0v) is 18.4. The lowest BCUT2D eigenvalue weighted by atomic mass is 9.95. The predicted molar refractivity (Wildman–Crippen MR) is 121 cm³/mol. The molecule has 1 aliphatic carbocycles. The van der Waals surface area contributed by atoms with E-state index in [9.17, 15) is 9.18 Å². The maximum Gasteiger partial charge on any atom is 0.230 e. The summed E-state index contributed by atoms with van der Waals surface area (Å²) in [5, 5.41) is 12.4. The largest absolute Gasteiger partial charge is 0.349 e. The number of aromatic nitrogens is 3. The molecule has 1 fully saturated rings. The molecule has 1 amide bonds. The van der Waals surface area contributed by atoms with Crippen molar-refractivity contribution in [2.75, 3.05) is 5.75 Å². The molecule has 4 rings (SSSR count). The van der Waals surface area contributed by atoms with Gasteiger partial charge in [0.05, 0.1) is 17.4 Å². The average Bonchev–Trinajstić information content (AvgIpc) is 3.23. The number of amides is 1. The summed E-state index contributed by atoms with van der Waals surface area (Å²) >= 11 is 1.36. The van der Waals surface area contributed by atoms with Crippen LogP contribution in [-0.4, -0.2) is 26.4 Å². The van der Waals surface area contributed by atoms with Gasteiger partial charge in [0.25, 0.3) is 0 Å². The van der Waals surface area contributed by atoms with Crippen molar-refractivity contribution < 1.29 is 9.18 Å². The highest BCUT2D eigenvalue weighted by Gasteiger charge is 2.25. The fourth-order valence-corrected chi connectivity index (χ4v) is 4.93. The summed E-state index contributed by atoms with van der Waals surface area (Å²) < 4.78 is 16.6. The maximum atomic E-state index is 14.5. The van der Waals surface area contributed by atoms with E-state index in [2.05, 4.69) is 20.1 Å². The summed E-state index contributed by atoms with van der Waals surface area (Å²) in [6, 6.07) is 16.7. The van der Waals surface area contributed by atoms with Gasteiger partial charge in [0.2, 0.25) is 5.91 Å². The quantitative estimate of drug-likeness (QED) is 0.491. The van der Waals surface area contributed by atoms with E-state index in [1.54, 1.807) is 12.1 Å². The Balaban J connectivity index is 1.51. The van der Waals surface area contributed by atoms with Gasteiger partial charge in [0, 0.05) is 6.04 Å². The normalized spacial score (nSPS) is 15.5. The lowest BCUT2D eigenvalue weighted by molar-refractivity contribution is -0.119. The molecule has 2 aromatic carbocycles. The summed E-state index contributed by atoms with van der Waals surface area (Å²) in [7, 11) is 0. The van der Waals surface area contributed by atoms with Gasteiger partial charge in [-0.2, -0.15) is 0 Å². The number of carbonyl (C=O) groups is 1. The molecule has 0 unspecified atom stereocenters. The molecule has 0 radical (unpaired) electrons. The van der Waals surface area contributed by atoms with Crippen LogP contribution in [0.25, 0.3) is 11.4 Å². The summed E-state index contributed by atoms with van der Waals surface area (Å²) in [4.78, 5) is 12.6. The third-order valence-corrected chi connectivity index (χ3v) is 6.67. The highest BCUT2D eigenvalue weighted by atomic mass is 32.2. The monoisotopic (exact) mass is 438 g/mol. The molecule has 7 heteroatoms. The molecule has 31 heavy (non-hydrogen) atoms. The van der Waals surface area contributed by atoms with Crippen molar-refractivity contribution in [3.8, 4) is 11.4 Å². The van der Waals surface area contributed by atoms with Crippen molar-refractivity contribution in [2.24, 2.45) is 0 Å². The molecular formula is C24H27FN4OS. The van der Waals surface area contributed by atoms with Crippen molar-refractivity contribution >= 4 is 17.7 Å². The van der Waals surface area contributed by atoms with Crippen molar-refractivity contribution in [2.45, 2.75) is 56.3 Å². The minimum Gasteiger partial charge on any atom is -0.349 e. The Bertz CT molecular complexity index is 1020. The summed E-state index contributed by atoms with van der Waals surface area (Å²) in [6.45, 7) is 1.97. The topological polar surface area (TPSA) is 59.8 Å². The third kappa shape index (κ3) is 5.15. The highest BCUT2D eigenvalue weighted by molar-refractivity contribution is 7.99. The molecule has 0 saturated heterocycles. The number of hydrogen-bond donors (Lipinski definition) is 1. The van der Waals surface area contributed by atoms with Gasteiger partial charge in [-0.15, -0.1) is 10.2 Å². The number of benzene rings is 2. The van der Waals surface area contributed by atoms with Gasteiger partial charge in [-0.3, -0.25) is 9.36 Å². The first-order valence-corrected chi connectivity index (χ1v) is 11.8. The van der Waals surface area contributed by atoms with E-state index in [1.807, 2.05) is 43.3 Å². The van der Waals surface area contributed by atoms with Gasteiger partial charge in [-0.1, -0.05) is 73.5 Å². The molecule has 0 spiro atoms. The number of rotatable bonds is 7. The van der Waals surface area contributed by atoms with E-state index in [-0.39, 0.29) is 29.6 Å². The zero-order chi connectivity index (χ0) is 21.6. The summed E-state index contributed by atoms with van der Waals surface area (Å²) in [6.07, 6.45) is 5.53. The Morgan fingerprint density at radius 3 is 2.55 bits per heavy atom. The van der Waals surface area contributed by atoms with Crippen molar-refractivity contribution in [3.05, 3.63) is 66.0 Å². The minimum absolute atomic E-state index is 0.0630. The van der Waals surface area contributed by atoms with Crippen molar-refractivity contribution in [1.29, 1.82) is 0 Å². The number of nitrogens with one attached hydrogen (secondary N) is 1. The SMILES string of the molecule is C[C@@H](NC(=O)CSc1nnc(-c2ccccc2F)n1C1CCCCC1)c1ccccc1. The Kier molecular flexibility index (Phi) is 7.02. The van der Waals surface area contributed by atoms with Gasteiger partial charge >= 0.3 is 0 Å². The minimum atomic E-state index is -0.307. The van der Waals surface area contributed by atoms with Gasteiger partial charge < -0.3 is 5.32 Å². The first-order valence-electron chi connectivity index (χ1n) is 10.8. The van der Waals surface area contributed by atoms with E-state index in [0.717, 1.165) is 31.2 Å². The van der Waals surface area contributed by atoms with Crippen molar-refractivity contribution in [1.82, 2.24) is 20.1 Å². The second kappa shape index (κ2) is 10.1. The van der Waals surface area contributed by atoms with E-state index in [0.29, 0.717) is 16.5 Å². The standard InChI is InChI=1S/C24H27FN4OS/c1-17(18-10-4-2-5-11-18)26-22(30)16-31-24-28-27-23(20-14-8-9-15-21(20)25)29(24)19-12-6-3-7-13-19/h2,4-5,8-11,14-15,17,19H,3,6-7,12-13,16H2,1H3,(H,26,30)/t17-/m1/s1. The van der Waals surface area contributed by atoms with Gasteiger partial charge in [0.15, 0.2) is 11.0 Å². The molecule has 0 aliphatic heterocycles. The van der Waals surface area contributed by atoms with Crippen LogP contribution in [0.3, 0.4) is 0 Å². The van der Waals surface area contributed by atoms with Crippen LogP contribution in [0.4, 0.5) is 4.39 Å².